The predicted octanol–water partition coefficient (Wildman–Crippen LogP) is 4.28. The smallest absolute Gasteiger partial charge is 0.337 e. The van der Waals surface area contributed by atoms with Crippen molar-refractivity contribution in [3.63, 3.8) is 0 Å². The summed E-state index contributed by atoms with van der Waals surface area (Å²) >= 11 is 1.59. The van der Waals surface area contributed by atoms with Gasteiger partial charge in [-0.1, -0.05) is 42.1 Å². The number of anilines is 2. The van der Waals surface area contributed by atoms with Crippen molar-refractivity contribution in [1.29, 1.82) is 0 Å². The van der Waals surface area contributed by atoms with E-state index in [9.17, 15) is 4.79 Å². The molecule has 128 valence electrons. The van der Waals surface area contributed by atoms with Crippen LogP contribution in [-0.2, 0) is 9.53 Å². The highest BCUT2D eigenvalue weighted by Crippen LogP contribution is 2.38. The van der Waals surface area contributed by atoms with Gasteiger partial charge in [-0.15, -0.1) is 0 Å². The van der Waals surface area contributed by atoms with Crippen molar-refractivity contribution in [3.05, 3.63) is 77.9 Å². The van der Waals surface area contributed by atoms with E-state index in [1.165, 1.54) is 0 Å². The summed E-state index contributed by atoms with van der Waals surface area (Å²) < 4.78 is 5.20. The molecule has 0 saturated heterocycles. The summed E-state index contributed by atoms with van der Waals surface area (Å²) in [5.41, 5.74) is 9.12. The maximum absolute atomic E-state index is 12.3. The van der Waals surface area contributed by atoms with E-state index in [2.05, 4.69) is 5.32 Å². The van der Waals surface area contributed by atoms with Gasteiger partial charge >= 0.3 is 5.97 Å². The molecule has 5 heteroatoms. The molecule has 1 atom stereocenters. The van der Waals surface area contributed by atoms with Crippen LogP contribution in [0.2, 0.25) is 0 Å². The third kappa shape index (κ3) is 4.25. The van der Waals surface area contributed by atoms with Crippen LogP contribution in [0.15, 0.2) is 72.3 Å². The number of allylic oxidation sites excluding steroid dienone is 2. The molecule has 1 unspecified atom stereocenters. The molecule has 0 saturated carbocycles. The third-order valence-corrected chi connectivity index (χ3v) is 4.95. The van der Waals surface area contributed by atoms with Crippen LogP contribution in [0.25, 0.3) is 4.91 Å². The van der Waals surface area contributed by atoms with Crippen molar-refractivity contribution >= 4 is 34.0 Å². The molecule has 1 aliphatic heterocycles. The maximum atomic E-state index is 12.3. The van der Waals surface area contributed by atoms with Crippen molar-refractivity contribution < 1.29 is 9.53 Å². The molecule has 0 radical (unpaired) electrons. The second-order valence-electron chi connectivity index (χ2n) is 5.50. The molecule has 0 bridgehead atoms. The van der Waals surface area contributed by atoms with Crippen LogP contribution in [0.1, 0.15) is 12.5 Å². The van der Waals surface area contributed by atoms with Gasteiger partial charge in [-0.25, -0.2) is 4.79 Å². The highest BCUT2D eigenvalue weighted by molar-refractivity contribution is 8.09. The highest BCUT2D eigenvalue weighted by Gasteiger charge is 2.27. The summed E-state index contributed by atoms with van der Waals surface area (Å²) in [6, 6.07) is 17.5. The van der Waals surface area contributed by atoms with E-state index in [4.69, 9.17) is 10.5 Å². The molecule has 1 heterocycles. The Labute approximate surface area is 151 Å². The number of thioether (sulfide) groups is 1. The van der Waals surface area contributed by atoms with Crippen LogP contribution < -0.4 is 11.1 Å². The van der Waals surface area contributed by atoms with Gasteiger partial charge < -0.3 is 15.8 Å². The first-order valence-electron chi connectivity index (χ1n) is 8.10. The van der Waals surface area contributed by atoms with Gasteiger partial charge in [0, 0.05) is 16.3 Å². The lowest BCUT2D eigenvalue weighted by atomic mass is 10.1. The Morgan fingerprint density at radius 2 is 1.84 bits per heavy atom. The molecule has 3 rings (SSSR count). The lowest BCUT2D eigenvalue weighted by Gasteiger charge is -2.25. The molecular weight excluding hydrogens is 332 g/mol. The van der Waals surface area contributed by atoms with Gasteiger partial charge in [0.1, 0.15) is 5.37 Å². The number of esters is 1. The van der Waals surface area contributed by atoms with Crippen LogP contribution in [-0.4, -0.2) is 18.0 Å². The SMILES string of the molecule is CCOC(=O)C1=CC=C(c2ccc(N)cc2)SC1Nc1ccccc1. The van der Waals surface area contributed by atoms with Gasteiger partial charge in [0.15, 0.2) is 0 Å². The van der Waals surface area contributed by atoms with Crippen molar-refractivity contribution in [2.24, 2.45) is 0 Å². The monoisotopic (exact) mass is 352 g/mol. The number of nitrogens with two attached hydrogens (primary N) is 1. The maximum Gasteiger partial charge on any atom is 0.337 e. The number of nitrogen functional groups attached to an aromatic ring is 1. The van der Waals surface area contributed by atoms with Gasteiger partial charge in [-0.2, -0.15) is 0 Å². The standard InChI is InChI=1S/C20H20N2O2S/c1-2-24-20(23)17-12-13-18(14-8-10-15(21)11-9-14)25-19(17)22-16-6-4-3-5-7-16/h3-13,19,22H,2,21H2,1H3. The molecule has 4 nitrogen and oxygen atoms in total. The number of carbonyl (C=O) groups is 1. The quantitative estimate of drug-likeness (QED) is 0.621. The van der Waals surface area contributed by atoms with E-state index in [0.29, 0.717) is 12.2 Å². The van der Waals surface area contributed by atoms with Crippen LogP contribution in [0.3, 0.4) is 0 Å². The van der Waals surface area contributed by atoms with Crippen molar-refractivity contribution in [3.8, 4) is 0 Å². The van der Waals surface area contributed by atoms with Gasteiger partial charge in [-0.3, -0.25) is 0 Å². The number of hydrogen-bond donors (Lipinski definition) is 2. The number of benzene rings is 2. The van der Waals surface area contributed by atoms with Gasteiger partial charge in [0.05, 0.1) is 12.2 Å². The molecule has 0 spiro atoms. The fourth-order valence-electron chi connectivity index (χ4n) is 2.48. The Kier molecular flexibility index (Phi) is 5.46. The first-order valence-corrected chi connectivity index (χ1v) is 8.98. The zero-order valence-electron chi connectivity index (χ0n) is 13.9. The molecular formula is C20H20N2O2S. The van der Waals surface area contributed by atoms with Gasteiger partial charge in [0.2, 0.25) is 0 Å². The zero-order chi connectivity index (χ0) is 17.6. The molecule has 1 aliphatic rings. The minimum atomic E-state index is -0.295. The molecule has 0 aromatic heterocycles. The van der Waals surface area contributed by atoms with E-state index in [1.54, 1.807) is 11.8 Å². The van der Waals surface area contributed by atoms with Gasteiger partial charge in [-0.05, 0) is 48.9 Å². The number of rotatable bonds is 5. The number of ether oxygens (including phenoxy) is 1. The van der Waals surface area contributed by atoms with Crippen molar-refractivity contribution in [2.75, 3.05) is 17.7 Å². The van der Waals surface area contributed by atoms with E-state index >= 15 is 0 Å². The second-order valence-corrected chi connectivity index (χ2v) is 6.65. The zero-order valence-corrected chi connectivity index (χ0v) is 14.8. The summed E-state index contributed by atoms with van der Waals surface area (Å²) in [5.74, 6) is -0.295. The summed E-state index contributed by atoms with van der Waals surface area (Å²) in [4.78, 5) is 13.4. The number of para-hydroxylation sites is 1. The second kappa shape index (κ2) is 7.94. The summed E-state index contributed by atoms with van der Waals surface area (Å²) in [6.07, 6.45) is 3.78. The van der Waals surface area contributed by atoms with Crippen molar-refractivity contribution in [2.45, 2.75) is 12.3 Å². The van der Waals surface area contributed by atoms with E-state index < -0.39 is 0 Å². The normalized spacial score (nSPS) is 16.6. The topological polar surface area (TPSA) is 64.3 Å². The number of hydrogen-bond acceptors (Lipinski definition) is 5. The molecule has 0 aliphatic carbocycles. The van der Waals surface area contributed by atoms with E-state index in [0.717, 1.165) is 21.8 Å². The van der Waals surface area contributed by atoms with Crippen LogP contribution in [0.5, 0.6) is 0 Å². The van der Waals surface area contributed by atoms with Crippen LogP contribution in [0, 0.1) is 0 Å². The molecule has 2 aromatic rings. The van der Waals surface area contributed by atoms with E-state index in [-0.39, 0.29) is 11.3 Å². The fraction of sp³-hybridized carbons (Fsp3) is 0.150. The third-order valence-electron chi connectivity index (χ3n) is 3.72. The highest BCUT2D eigenvalue weighted by atomic mass is 32.2. The number of carbonyl (C=O) groups excluding carboxylic acids is 1. The first kappa shape index (κ1) is 17.2. The van der Waals surface area contributed by atoms with Crippen LogP contribution >= 0.6 is 11.8 Å². The summed E-state index contributed by atoms with van der Waals surface area (Å²) in [7, 11) is 0. The van der Waals surface area contributed by atoms with Crippen molar-refractivity contribution in [1.82, 2.24) is 0 Å². The molecule has 0 fully saturated rings. The summed E-state index contributed by atoms with van der Waals surface area (Å²) in [6.45, 7) is 2.16. The molecule has 2 aromatic carbocycles. The average Bonchev–Trinajstić information content (AvgIpc) is 2.63. The Hall–Kier alpha value is -2.66. The average molecular weight is 352 g/mol. The fourth-order valence-corrected chi connectivity index (χ4v) is 3.65. The first-order chi connectivity index (χ1) is 12.2. The largest absolute Gasteiger partial charge is 0.463 e. The Bertz CT molecular complexity index is 798. The Morgan fingerprint density at radius 3 is 2.52 bits per heavy atom. The Morgan fingerprint density at radius 1 is 1.12 bits per heavy atom. The van der Waals surface area contributed by atoms with E-state index in [1.807, 2.05) is 73.7 Å². The minimum absolute atomic E-state index is 0.223. The number of nitrogens with one attached hydrogen (secondary N) is 1. The Balaban J connectivity index is 1.88. The molecule has 0 amide bonds. The minimum Gasteiger partial charge on any atom is -0.463 e. The lowest BCUT2D eigenvalue weighted by molar-refractivity contribution is -0.138. The summed E-state index contributed by atoms with van der Waals surface area (Å²) in [5, 5.41) is 3.19. The lowest BCUT2D eigenvalue weighted by Crippen LogP contribution is -2.26. The van der Waals surface area contributed by atoms with Gasteiger partial charge in [0.25, 0.3) is 0 Å². The van der Waals surface area contributed by atoms with Crippen LogP contribution in [0.4, 0.5) is 11.4 Å². The molecule has 25 heavy (non-hydrogen) atoms. The predicted molar refractivity (Wildman–Crippen MR) is 105 cm³/mol. The molecule has 3 N–H and O–H groups in total.